The number of anilines is 1. The third-order valence-electron chi connectivity index (χ3n) is 4.71. The quantitative estimate of drug-likeness (QED) is 0.382. The number of carbonyl (C=O) groups excluding carboxylic acids is 1. The molecule has 4 nitrogen and oxygen atoms in total. The zero-order valence-electron chi connectivity index (χ0n) is 15.7. The Bertz CT molecular complexity index is 1220. The lowest BCUT2D eigenvalue weighted by Crippen LogP contribution is -2.13. The summed E-state index contributed by atoms with van der Waals surface area (Å²) in [5.41, 5.74) is 3.81. The Morgan fingerprint density at radius 2 is 1.59 bits per heavy atom. The summed E-state index contributed by atoms with van der Waals surface area (Å²) in [7, 11) is 0. The van der Waals surface area contributed by atoms with Crippen LogP contribution in [0.1, 0.15) is 11.1 Å². The number of para-hydroxylation sites is 2. The number of hydrogen-bond donors (Lipinski definition) is 1. The first-order valence-corrected chi connectivity index (χ1v) is 9.34. The van der Waals surface area contributed by atoms with Crippen LogP contribution in [0.2, 0.25) is 0 Å². The Morgan fingerprint density at radius 3 is 2.31 bits per heavy atom. The molecule has 0 bridgehead atoms. The second kappa shape index (κ2) is 8.28. The van der Waals surface area contributed by atoms with Gasteiger partial charge < -0.3 is 9.88 Å². The van der Waals surface area contributed by atoms with Crippen LogP contribution in [0, 0.1) is 11.3 Å². The number of nitriles is 1. The lowest BCUT2D eigenvalue weighted by atomic mass is 10.1. The van der Waals surface area contributed by atoms with Crippen molar-refractivity contribution in [3.05, 3.63) is 108 Å². The Hall–Kier alpha value is -4.10. The van der Waals surface area contributed by atoms with Crippen molar-refractivity contribution in [2.75, 3.05) is 5.32 Å². The van der Waals surface area contributed by atoms with Crippen LogP contribution in [0.5, 0.6) is 0 Å². The van der Waals surface area contributed by atoms with E-state index in [-0.39, 0.29) is 5.57 Å². The van der Waals surface area contributed by atoms with Crippen LogP contribution in [0.3, 0.4) is 0 Å². The molecule has 1 heterocycles. The minimum atomic E-state index is -0.418. The van der Waals surface area contributed by atoms with E-state index < -0.39 is 5.91 Å². The van der Waals surface area contributed by atoms with Gasteiger partial charge in [0.2, 0.25) is 0 Å². The summed E-state index contributed by atoms with van der Waals surface area (Å²) in [6.07, 6.45) is 3.65. The molecule has 1 amide bonds. The molecule has 0 aliphatic heterocycles. The minimum absolute atomic E-state index is 0.0662. The van der Waals surface area contributed by atoms with Crippen LogP contribution in [-0.4, -0.2) is 10.5 Å². The largest absolute Gasteiger partial charge is 0.342 e. The van der Waals surface area contributed by atoms with E-state index in [1.165, 1.54) is 5.56 Å². The summed E-state index contributed by atoms with van der Waals surface area (Å²) in [6, 6.07) is 29.4. The molecule has 0 spiro atoms. The fraction of sp³-hybridized carbons (Fsp3) is 0.0400. The van der Waals surface area contributed by atoms with Crippen molar-refractivity contribution in [2.24, 2.45) is 0 Å². The van der Waals surface area contributed by atoms with Crippen molar-refractivity contribution < 1.29 is 4.79 Å². The first-order chi connectivity index (χ1) is 14.2. The van der Waals surface area contributed by atoms with Gasteiger partial charge in [-0.15, -0.1) is 0 Å². The molecule has 0 saturated carbocycles. The highest BCUT2D eigenvalue weighted by atomic mass is 16.1. The Kier molecular flexibility index (Phi) is 5.22. The van der Waals surface area contributed by atoms with Gasteiger partial charge in [0.05, 0.1) is 0 Å². The van der Waals surface area contributed by atoms with E-state index in [1.54, 1.807) is 18.2 Å². The summed E-state index contributed by atoms with van der Waals surface area (Å²) in [4.78, 5) is 12.6. The van der Waals surface area contributed by atoms with Crippen LogP contribution in [-0.2, 0) is 11.3 Å². The molecular formula is C25H19N3O. The van der Waals surface area contributed by atoms with Crippen molar-refractivity contribution in [3.63, 3.8) is 0 Å². The molecule has 140 valence electrons. The van der Waals surface area contributed by atoms with E-state index in [9.17, 15) is 10.1 Å². The average molecular weight is 377 g/mol. The number of nitrogens with zero attached hydrogens (tertiary/aromatic N) is 2. The van der Waals surface area contributed by atoms with Gasteiger partial charge in [-0.1, -0.05) is 66.7 Å². The summed E-state index contributed by atoms with van der Waals surface area (Å²) in [5.74, 6) is -0.418. The van der Waals surface area contributed by atoms with Gasteiger partial charge in [-0.2, -0.15) is 5.26 Å². The fourth-order valence-electron chi connectivity index (χ4n) is 3.33. The van der Waals surface area contributed by atoms with E-state index in [0.29, 0.717) is 12.2 Å². The van der Waals surface area contributed by atoms with Crippen molar-refractivity contribution in [2.45, 2.75) is 6.54 Å². The number of fused-ring (bicyclic) bond motifs is 1. The standard InChI is InChI=1S/C25H19N3O/c26-16-20(25(29)27-22-11-5-2-6-12-22)15-21-18-28(17-19-9-3-1-4-10-19)24-14-8-7-13-23(21)24/h1-15,18H,17H2,(H,27,29)/b20-15+. The third-order valence-corrected chi connectivity index (χ3v) is 4.71. The molecule has 0 atom stereocenters. The molecule has 0 saturated heterocycles. The van der Waals surface area contributed by atoms with Gasteiger partial charge in [0.15, 0.2) is 0 Å². The molecular weight excluding hydrogens is 358 g/mol. The Morgan fingerprint density at radius 1 is 0.931 bits per heavy atom. The maximum Gasteiger partial charge on any atom is 0.266 e. The van der Waals surface area contributed by atoms with Crippen LogP contribution < -0.4 is 5.32 Å². The predicted octanol–water partition coefficient (Wildman–Crippen LogP) is 5.24. The van der Waals surface area contributed by atoms with Crippen LogP contribution in [0.4, 0.5) is 5.69 Å². The molecule has 3 aromatic carbocycles. The molecule has 0 aliphatic rings. The second-order valence-electron chi connectivity index (χ2n) is 6.71. The summed E-state index contributed by atoms with van der Waals surface area (Å²) >= 11 is 0. The molecule has 0 aliphatic carbocycles. The molecule has 4 rings (SSSR count). The van der Waals surface area contributed by atoms with Gasteiger partial charge >= 0.3 is 0 Å². The summed E-state index contributed by atoms with van der Waals surface area (Å²) in [6.45, 7) is 0.716. The van der Waals surface area contributed by atoms with E-state index in [0.717, 1.165) is 16.5 Å². The molecule has 4 aromatic rings. The number of aromatic nitrogens is 1. The zero-order valence-corrected chi connectivity index (χ0v) is 15.7. The molecule has 0 radical (unpaired) electrons. The molecule has 1 aromatic heterocycles. The van der Waals surface area contributed by atoms with Crippen LogP contribution >= 0.6 is 0 Å². The molecule has 1 N–H and O–H groups in total. The summed E-state index contributed by atoms with van der Waals surface area (Å²) in [5, 5.41) is 13.3. The molecule has 4 heteroatoms. The number of nitrogens with one attached hydrogen (secondary N) is 1. The maximum absolute atomic E-state index is 12.6. The first kappa shape index (κ1) is 18.3. The van der Waals surface area contributed by atoms with Gasteiger partial charge in [0.1, 0.15) is 11.6 Å². The van der Waals surface area contributed by atoms with Gasteiger partial charge in [-0.05, 0) is 29.8 Å². The number of carbonyl (C=O) groups is 1. The van der Waals surface area contributed by atoms with Crippen molar-refractivity contribution in [1.82, 2.24) is 4.57 Å². The normalized spacial score (nSPS) is 11.2. The van der Waals surface area contributed by atoms with Crippen LogP contribution in [0.15, 0.2) is 96.7 Å². The van der Waals surface area contributed by atoms with Gasteiger partial charge in [0.25, 0.3) is 5.91 Å². The second-order valence-corrected chi connectivity index (χ2v) is 6.71. The van der Waals surface area contributed by atoms with E-state index in [2.05, 4.69) is 22.0 Å². The SMILES string of the molecule is N#C/C(=C\c1cn(Cc2ccccc2)c2ccccc12)C(=O)Nc1ccccc1. The van der Waals surface area contributed by atoms with Gasteiger partial charge in [-0.3, -0.25) is 4.79 Å². The highest BCUT2D eigenvalue weighted by Gasteiger charge is 2.13. The predicted molar refractivity (Wildman–Crippen MR) is 116 cm³/mol. The number of amides is 1. The first-order valence-electron chi connectivity index (χ1n) is 9.34. The van der Waals surface area contributed by atoms with Crippen molar-refractivity contribution in [1.29, 1.82) is 5.26 Å². The fourth-order valence-corrected chi connectivity index (χ4v) is 3.33. The highest BCUT2D eigenvalue weighted by Crippen LogP contribution is 2.25. The van der Waals surface area contributed by atoms with E-state index in [4.69, 9.17) is 0 Å². The van der Waals surface area contributed by atoms with Crippen LogP contribution in [0.25, 0.3) is 17.0 Å². The molecule has 29 heavy (non-hydrogen) atoms. The van der Waals surface area contributed by atoms with E-state index >= 15 is 0 Å². The molecule has 0 unspecified atom stereocenters. The zero-order chi connectivity index (χ0) is 20.1. The Balaban J connectivity index is 1.69. The lowest BCUT2D eigenvalue weighted by molar-refractivity contribution is -0.112. The number of hydrogen-bond acceptors (Lipinski definition) is 2. The third kappa shape index (κ3) is 4.10. The highest BCUT2D eigenvalue weighted by molar-refractivity contribution is 6.10. The molecule has 0 fully saturated rings. The lowest BCUT2D eigenvalue weighted by Gasteiger charge is -2.05. The van der Waals surface area contributed by atoms with Crippen molar-refractivity contribution in [3.8, 4) is 6.07 Å². The number of rotatable bonds is 5. The van der Waals surface area contributed by atoms with Gasteiger partial charge in [0, 0.05) is 34.9 Å². The van der Waals surface area contributed by atoms with Gasteiger partial charge in [-0.25, -0.2) is 0 Å². The smallest absolute Gasteiger partial charge is 0.266 e. The van der Waals surface area contributed by atoms with Crippen molar-refractivity contribution >= 4 is 28.6 Å². The number of benzene rings is 3. The minimum Gasteiger partial charge on any atom is -0.342 e. The summed E-state index contributed by atoms with van der Waals surface area (Å²) < 4.78 is 2.14. The maximum atomic E-state index is 12.6. The van der Waals surface area contributed by atoms with E-state index in [1.807, 2.05) is 72.9 Å². The topological polar surface area (TPSA) is 57.8 Å². The Labute approximate surface area is 169 Å². The monoisotopic (exact) mass is 377 g/mol. The average Bonchev–Trinajstić information content (AvgIpc) is 3.10.